The number of benzene rings is 1. The van der Waals surface area contributed by atoms with Crippen molar-refractivity contribution in [1.82, 2.24) is 0 Å². The maximum atomic E-state index is 10.9. The third-order valence-corrected chi connectivity index (χ3v) is 2.43. The molecule has 0 amide bonds. The highest BCUT2D eigenvalue weighted by atomic mass is 16.7. The van der Waals surface area contributed by atoms with Crippen molar-refractivity contribution in [2.75, 3.05) is 0 Å². The number of aryl methyl sites for hydroxylation is 1. The fourth-order valence-corrected chi connectivity index (χ4v) is 1.63. The first-order chi connectivity index (χ1) is 9.02. The van der Waals surface area contributed by atoms with Crippen molar-refractivity contribution in [1.29, 1.82) is 0 Å². The number of hydrogen-bond donors (Lipinski definition) is 0. The lowest BCUT2D eigenvalue weighted by Gasteiger charge is -2.12. The average molecular weight is 262 g/mol. The predicted molar refractivity (Wildman–Crippen MR) is 72.2 cm³/mol. The van der Waals surface area contributed by atoms with Crippen LogP contribution >= 0.6 is 0 Å². The topological polar surface area (TPSA) is 52.6 Å². The molecule has 0 aliphatic rings. The molecule has 4 heteroatoms. The highest BCUT2D eigenvalue weighted by Gasteiger charge is 2.11. The van der Waals surface area contributed by atoms with E-state index in [1.54, 1.807) is 12.2 Å². The van der Waals surface area contributed by atoms with Crippen LogP contribution in [0.5, 0.6) is 0 Å². The van der Waals surface area contributed by atoms with Crippen molar-refractivity contribution in [2.24, 2.45) is 0 Å². The largest absolute Gasteiger partial charge is 0.421 e. The second kappa shape index (κ2) is 7.36. The smallest absolute Gasteiger partial charge is 0.305 e. The molecule has 0 N–H and O–H groups in total. The lowest BCUT2D eigenvalue weighted by atomic mass is 10.1. The number of carbonyl (C=O) groups is 2. The van der Waals surface area contributed by atoms with Crippen LogP contribution in [0.25, 0.3) is 6.08 Å². The summed E-state index contributed by atoms with van der Waals surface area (Å²) >= 11 is 0. The Labute approximate surface area is 113 Å². The zero-order valence-electron chi connectivity index (χ0n) is 11.4. The van der Waals surface area contributed by atoms with E-state index in [-0.39, 0.29) is 0 Å². The lowest BCUT2D eigenvalue weighted by molar-refractivity contribution is -0.176. The summed E-state index contributed by atoms with van der Waals surface area (Å²) in [5.41, 5.74) is 2.18. The molecule has 0 fully saturated rings. The van der Waals surface area contributed by atoms with E-state index in [9.17, 15) is 9.59 Å². The second-order valence-electron chi connectivity index (χ2n) is 4.00. The van der Waals surface area contributed by atoms with Gasteiger partial charge in [-0.15, -0.1) is 0 Å². The number of hydrogen-bond acceptors (Lipinski definition) is 4. The van der Waals surface area contributed by atoms with E-state index in [0.29, 0.717) is 0 Å². The van der Waals surface area contributed by atoms with E-state index in [1.807, 2.05) is 24.3 Å². The van der Waals surface area contributed by atoms with Gasteiger partial charge in [-0.05, 0) is 23.6 Å². The first-order valence-corrected chi connectivity index (χ1v) is 6.13. The monoisotopic (exact) mass is 262 g/mol. The Balaban J connectivity index is 2.84. The SMILES string of the molecule is CCc1ccccc1C=CC(OC(C)=O)OC(C)=O. The number of rotatable bonds is 5. The van der Waals surface area contributed by atoms with Crippen LogP contribution < -0.4 is 0 Å². The van der Waals surface area contributed by atoms with Crippen LogP contribution in [0.15, 0.2) is 30.3 Å². The van der Waals surface area contributed by atoms with Gasteiger partial charge in [-0.1, -0.05) is 37.3 Å². The minimum Gasteiger partial charge on any atom is -0.421 e. The molecule has 0 aliphatic carbocycles. The summed E-state index contributed by atoms with van der Waals surface area (Å²) < 4.78 is 9.78. The highest BCUT2D eigenvalue weighted by Crippen LogP contribution is 2.12. The van der Waals surface area contributed by atoms with Crippen LogP contribution in [-0.2, 0) is 25.5 Å². The molecule has 0 bridgehead atoms. The van der Waals surface area contributed by atoms with Gasteiger partial charge in [-0.25, -0.2) is 0 Å². The van der Waals surface area contributed by atoms with E-state index in [0.717, 1.165) is 12.0 Å². The molecule has 0 saturated heterocycles. The number of ether oxygens (including phenoxy) is 2. The summed E-state index contributed by atoms with van der Waals surface area (Å²) in [7, 11) is 0. The van der Waals surface area contributed by atoms with E-state index in [1.165, 1.54) is 19.4 Å². The Bertz CT molecular complexity index is 461. The molecule has 0 radical (unpaired) electrons. The van der Waals surface area contributed by atoms with Crippen LogP contribution in [0, 0.1) is 0 Å². The third kappa shape index (κ3) is 5.38. The third-order valence-electron chi connectivity index (χ3n) is 2.43. The Morgan fingerprint density at radius 2 is 1.74 bits per heavy atom. The van der Waals surface area contributed by atoms with Gasteiger partial charge in [0.2, 0.25) is 0 Å². The van der Waals surface area contributed by atoms with Gasteiger partial charge in [0.1, 0.15) is 0 Å². The Hall–Kier alpha value is -2.10. The molecule has 1 rings (SSSR count). The summed E-state index contributed by atoms with van der Waals surface area (Å²) in [4.78, 5) is 21.8. The van der Waals surface area contributed by atoms with Crippen LogP contribution in [0.4, 0.5) is 0 Å². The van der Waals surface area contributed by atoms with Gasteiger partial charge in [-0.3, -0.25) is 9.59 Å². The minimum absolute atomic E-state index is 0.500. The normalized spacial score (nSPS) is 10.7. The van der Waals surface area contributed by atoms with Gasteiger partial charge >= 0.3 is 11.9 Å². The van der Waals surface area contributed by atoms with E-state index >= 15 is 0 Å². The maximum Gasteiger partial charge on any atom is 0.305 e. The van der Waals surface area contributed by atoms with Gasteiger partial charge in [-0.2, -0.15) is 0 Å². The molecule has 102 valence electrons. The van der Waals surface area contributed by atoms with Crippen LogP contribution in [0.3, 0.4) is 0 Å². The fraction of sp³-hybridized carbons (Fsp3) is 0.333. The number of carbonyl (C=O) groups excluding carboxylic acids is 2. The molecule has 1 aromatic carbocycles. The first-order valence-electron chi connectivity index (χ1n) is 6.13. The summed E-state index contributed by atoms with van der Waals surface area (Å²) in [6.07, 6.45) is 3.25. The number of esters is 2. The molecular weight excluding hydrogens is 244 g/mol. The Kier molecular flexibility index (Phi) is 5.79. The van der Waals surface area contributed by atoms with Crippen molar-refractivity contribution in [3.63, 3.8) is 0 Å². The lowest BCUT2D eigenvalue weighted by Crippen LogP contribution is -2.20. The van der Waals surface area contributed by atoms with Crippen molar-refractivity contribution in [3.8, 4) is 0 Å². The Morgan fingerprint density at radius 3 is 2.26 bits per heavy atom. The minimum atomic E-state index is -0.986. The highest BCUT2D eigenvalue weighted by molar-refractivity contribution is 5.69. The molecular formula is C15H18O4. The van der Waals surface area contributed by atoms with E-state index < -0.39 is 18.2 Å². The molecule has 0 aliphatic heterocycles. The molecule has 4 nitrogen and oxygen atoms in total. The van der Waals surface area contributed by atoms with Gasteiger partial charge < -0.3 is 9.47 Å². The second-order valence-corrected chi connectivity index (χ2v) is 4.00. The van der Waals surface area contributed by atoms with Gasteiger partial charge in [0.15, 0.2) is 0 Å². The summed E-state index contributed by atoms with van der Waals surface area (Å²) in [6, 6.07) is 7.86. The quantitative estimate of drug-likeness (QED) is 0.604. The fourth-order valence-electron chi connectivity index (χ4n) is 1.63. The van der Waals surface area contributed by atoms with Crippen molar-refractivity contribution in [2.45, 2.75) is 33.5 Å². The van der Waals surface area contributed by atoms with Crippen LogP contribution in [0.1, 0.15) is 31.9 Å². The predicted octanol–water partition coefficient (Wildman–Crippen LogP) is 2.71. The molecule has 0 aromatic heterocycles. The summed E-state index contributed by atoms with van der Waals surface area (Å²) in [5, 5.41) is 0. The first kappa shape index (κ1) is 15.0. The molecule has 19 heavy (non-hydrogen) atoms. The molecule has 0 heterocycles. The van der Waals surface area contributed by atoms with Crippen molar-refractivity contribution >= 4 is 18.0 Å². The average Bonchev–Trinajstić information content (AvgIpc) is 2.35. The van der Waals surface area contributed by atoms with Gasteiger partial charge in [0.05, 0.1) is 0 Å². The summed E-state index contributed by atoms with van der Waals surface area (Å²) in [6.45, 7) is 4.59. The Morgan fingerprint density at radius 1 is 1.16 bits per heavy atom. The van der Waals surface area contributed by atoms with E-state index in [2.05, 4.69) is 6.92 Å². The van der Waals surface area contributed by atoms with Crippen molar-refractivity contribution in [3.05, 3.63) is 41.5 Å². The molecule has 0 spiro atoms. The molecule has 0 unspecified atom stereocenters. The zero-order valence-corrected chi connectivity index (χ0v) is 11.4. The van der Waals surface area contributed by atoms with Gasteiger partial charge in [0, 0.05) is 13.8 Å². The standard InChI is InChI=1S/C15H18O4/c1-4-13-7-5-6-8-14(13)9-10-15(18-11(2)16)19-12(3)17/h5-10,15H,4H2,1-3H3. The molecule has 1 aromatic rings. The summed E-state index contributed by atoms with van der Waals surface area (Å²) in [5.74, 6) is -1.00. The van der Waals surface area contributed by atoms with Gasteiger partial charge in [0.25, 0.3) is 6.29 Å². The van der Waals surface area contributed by atoms with Crippen molar-refractivity contribution < 1.29 is 19.1 Å². The van der Waals surface area contributed by atoms with E-state index in [4.69, 9.17) is 9.47 Å². The zero-order chi connectivity index (χ0) is 14.3. The molecule has 0 saturated carbocycles. The molecule has 0 atom stereocenters. The van der Waals surface area contributed by atoms with Crippen LogP contribution in [0.2, 0.25) is 0 Å². The van der Waals surface area contributed by atoms with Crippen LogP contribution in [-0.4, -0.2) is 18.2 Å². The maximum absolute atomic E-state index is 10.9.